The summed E-state index contributed by atoms with van der Waals surface area (Å²) in [5, 5.41) is 9.62. The second-order valence-electron chi connectivity index (χ2n) is 7.70. The summed E-state index contributed by atoms with van der Waals surface area (Å²) in [6, 6.07) is 4.30. The predicted octanol–water partition coefficient (Wildman–Crippen LogP) is 3.30. The second kappa shape index (κ2) is 8.57. The summed E-state index contributed by atoms with van der Waals surface area (Å²) in [6.45, 7) is 6.76. The van der Waals surface area contributed by atoms with E-state index in [-0.39, 0.29) is 11.9 Å². The molecule has 7 heteroatoms. The Morgan fingerprint density at radius 1 is 1.44 bits per heavy atom. The van der Waals surface area contributed by atoms with Crippen LogP contribution in [0.15, 0.2) is 10.5 Å². The van der Waals surface area contributed by atoms with Gasteiger partial charge in [0.15, 0.2) is 0 Å². The van der Waals surface area contributed by atoms with Crippen molar-refractivity contribution in [2.75, 3.05) is 38.3 Å². The summed E-state index contributed by atoms with van der Waals surface area (Å²) in [6.07, 6.45) is 2.73. The van der Waals surface area contributed by atoms with Gasteiger partial charge in [0.25, 0.3) is 0 Å². The molecule has 27 heavy (non-hydrogen) atoms. The number of carbonyl (C=O) groups excluding carboxylic acids is 1. The van der Waals surface area contributed by atoms with Crippen molar-refractivity contribution in [1.29, 1.82) is 5.26 Å². The highest BCUT2D eigenvalue weighted by atomic mass is 79.9. The zero-order valence-electron chi connectivity index (χ0n) is 16.2. The largest absolute Gasteiger partial charge is 0.384 e. The number of piperazine rings is 1. The molecule has 146 valence electrons. The zero-order valence-corrected chi connectivity index (χ0v) is 17.8. The number of pyridine rings is 1. The number of nitrogens with zero attached hydrogens (tertiary/aromatic N) is 4. The summed E-state index contributed by atoms with van der Waals surface area (Å²) in [5.74, 6) is 1.72. The summed E-state index contributed by atoms with van der Waals surface area (Å²) in [7, 11) is 1.62. The molecule has 1 atom stereocenters. The van der Waals surface area contributed by atoms with Gasteiger partial charge in [-0.15, -0.1) is 0 Å². The molecule has 0 unspecified atom stereocenters. The number of amides is 1. The highest BCUT2D eigenvalue weighted by molar-refractivity contribution is 9.10. The topological polar surface area (TPSA) is 69.5 Å². The van der Waals surface area contributed by atoms with Crippen LogP contribution in [0.25, 0.3) is 0 Å². The quantitative estimate of drug-likeness (QED) is 0.686. The minimum absolute atomic E-state index is 0.101. The lowest BCUT2D eigenvalue weighted by atomic mass is 9.98. The fourth-order valence-electron chi connectivity index (χ4n) is 3.67. The Labute approximate surface area is 169 Å². The van der Waals surface area contributed by atoms with E-state index >= 15 is 0 Å². The van der Waals surface area contributed by atoms with Crippen molar-refractivity contribution < 1.29 is 9.53 Å². The molecular formula is C20H27BrN4O2. The molecule has 2 heterocycles. The summed E-state index contributed by atoms with van der Waals surface area (Å²) in [5.41, 5.74) is 1.65. The molecule has 1 aliphatic carbocycles. The minimum atomic E-state index is 0.101. The highest BCUT2D eigenvalue weighted by Crippen LogP contribution is 2.43. The molecule has 1 saturated heterocycles. The first-order valence-corrected chi connectivity index (χ1v) is 10.4. The first-order valence-electron chi connectivity index (χ1n) is 9.60. The molecule has 1 aliphatic heterocycles. The van der Waals surface area contributed by atoms with Gasteiger partial charge < -0.3 is 14.5 Å². The van der Waals surface area contributed by atoms with Crippen molar-refractivity contribution >= 4 is 27.7 Å². The van der Waals surface area contributed by atoms with Crippen LogP contribution in [-0.2, 0) is 9.53 Å². The lowest BCUT2D eigenvalue weighted by Gasteiger charge is -2.44. The van der Waals surface area contributed by atoms with Gasteiger partial charge in [-0.25, -0.2) is 4.98 Å². The van der Waals surface area contributed by atoms with E-state index in [1.165, 1.54) is 0 Å². The maximum absolute atomic E-state index is 12.6. The Morgan fingerprint density at radius 3 is 2.78 bits per heavy atom. The van der Waals surface area contributed by atoms with Crippen molar-refractivity contribution in [3.05, 3.63) is 21.8 Å². The number of ether oxygens (including phenoxy) is 1. The van der Waals surface area contributed by atoms with Gasteiger partial charge in [0, 0.05) is 37.1 Å². The van der Waals surface area contributed by atoms with E-state index in [0.29, 0.717) is 50.1 Å². The molecule has 0 radical (unpaired) electrons. The molecule has 1 aromatic rings. The van der Waals surface area contributed by atoms with E-state index in [1.807, 2.05) is 11.0 Å². The fourth-order valence-corrected chi connectivity index (χ4v) is 4.32. The van der Waals surface area contributed by atoms with E-state index in [9.17, 15) is 10.1 Å². The first kappa shape index (κ1) is 20.1. The second-order valence-corrected chi connectivity index (χ2v) is 8.55. The number of carbonyl (C=O) groups is 1. The third-order valence-corrected chi connectivity index (χ3v) is 6.03. The van der Waals surface area contributed by atoms with Gasteiger partial charge in [0.05, 0.1) is 30.3 Å². The molecule has 1 saturated carbocycles. The number of anilines is 1. The smallest absolute Gasteiger partial charge is 0.225 e. The zero-order chi connectivity index (χ0) is 19.6. The lowest BCUT2D eigenvalue weighted by molar-refractivity contribution is -0.135. The average molecular weight is 435 g/mol. The Kier molecular flexibility index (Phi) is 6.38. The number of nitriles is 1. The number of rotatable bonds is 6. The summed E-state index contributed by atoms with van der Waals surface area (Å²) < 4.78 is 5.99. The molecule has 2 fully saturated rings. The van der Waals surface area contributed by atoms with Gasteiger partial charge in [0.2, 0.25) is 5.91 Å². The van der Waals surface area contributed by atoms with Crippen molar-refractivity contribution in [2.45, 2.75) is 45.1 Å². The third-order valence-electron chi connectivity index (χ3n) is 5.40. The standard InChI is InChI=1S/C20H27BrN4O2/c1-13(2)17-12-24(7-8-25(17)18(26)6-9-27-3)20-15(11-22)10-16(21)19(23-20)14-4-5-14/h10,13-14,17H,4-9,12H2,1-3H3/t17-/m0/s1. The fraction of sp³-hybridized carbons (Fsp3) is 0.650. The molecular weight excluding hydrogens is 408 g/mol. The van der Waals surface area contributed by atoms with Crippen molar-refractivity contribution in [1.82, 2.24) is 9.88 Å². The molecule has 0 bridgehead atoms. The van der Waals surface area contributed by atoms with Gasteiger partial charge in [-0.1, -0.05) is 13.8 Å². The van der Waals surface area contributed by atoms with Crippen LogP contribution < -0.4 is 4.90 Å². The Balaban J connectivity index is 1.84. The monoisotopic (exact) mass is 434 g/mol. The van der Waals surface area contributed by atoms with Crippen LogP contribution in [0.2, 0.25) is 0 Å². The molecule has 0 aromatic carbocycles. The van der Waals surface area contributed by atoms with E-state index in [0.717, 1.165) is 28.8 Å². The van der Waals surface area contributed by atoms with Gasteiger partial charge in [-0.05, 0) is 40.8 Å². The summed E-state index contributed by atoms with van der Waals surface area (Å²) in [4.78, 5) is 21.6. The summed E-state index contributed by atoms with van der Waals surface area (Å²) >= 11 is 3.58. The van der Waals surface area contributed by atoms with Crippen LogP contribution in [0.4, 0.5) is 5.82 Å². The SMILES string of the molecule is COCCC(=O)N1CCN(c2nc(C3CC3)c(Br)cc2C#N)C[C@H]1C(C)C. The Bertz CT molecular complexity index is 742. The van der Waals surface area contributed by atoms with Crippen LogP contribution in [0.1, 0.15) is 50.3 Å². The normalized spacial score (nSPS) is 20.1. The predicted molar refractivity (Wildman–Crippen MR) is 108 cm³/mol. The number of halogens is 1. The first-order chi connectivity index (χ1) is 13.0. The molecule has 1 aromatic heterocycles. The highest BCUT2D eigenvalue weighted by Gasteiger charge is 2.35. The van der Waals surface area contributed by atoms with Crippen molar-refractivity contribution in [2.24, 2.45) is 5.92 Å². The van der Waals surface area contributed by atoms with E-state index < -0.39 is 0 Å². The molecule has 0 N–H and O–H groups in total. The molecule has 3 rings (SSSR count). The third kappa shape index (κ3) is 4.44. The molecule has 2 aliphatic rings. The van der Waals surface area contributed by atoms with Crippen LogP contribution in [0.5, 0.6) is 0 Å². The van der Waals surface area contributed by atoms with Crippen LogP contribution in [-0.4, -0.2) is 55.2 Å². The Morgan fingerprint density at radius 2 is 2.19 bits per heavy atom. The average Bonchev–Trinajstić information content (AvgIpc) is 3.50. The van der Waals surface area contributed by atoms with Gasteiger partial charge in [-0.3, -0.25) is 4.79 Å². The lowest BCUT2D eigenvalue weighted by Crippen LogP contribution is -2.57. The number of hydrogen-bond donors (Lipinski definition) is 0. The van der Waals surface area contributed by atoms with Gasteiger partial charge >= 0.3 is 0 Å². The minimum Gasteiger partial charge on any atom is -0.384 e. The number of hydrogen-bond acceptors (Lipinski definition) is 5. The number of methoxy groups -OCH3 is 1. The van der Waals surface area contributed by atoms with Crippen molar-refractivity contribution in [3.8, 4) is 6.07 Å². The molecule has 0 spiro atoms. The van der Waals surface area contributed by atoms with Gasteiger partial charge in [-0.2, -0.15) is 5.26 Å². The maximum Gasteiger partial charge on any atom is 0.225 e. The maximum atomic E-state index is 12.6. The Hall–Kier alpha value is -1.65. The van der Waals surface area contributed by atoms with E-state index in [1.54, 1.807) is 7.11 Å². The van der Waals surface area contributed by atoms with Crippen molar-refractivity contribution in [3.63, 3.8) is 0 Å². The molecule has 1 amide bonds. The van der Waals surface area contributed by atoms with Crippen LogP contribution >= 0.6 is 15.9 Å². The van der Waals surface area contributed by atoms with Gasteiger partial charge in [0.1, 0.15) is 11.9 Å². The number of aromatic nitrogens is 1. The van der Waals surface area contributed by atoms with E-state index in [4.69, 9.17) is 9.72 Å². The van der Waals surface area contributed by atoms with Crippen LogP contribution in [0, 0.1) is 17.2 Å². The van der Waals surface area contributed by atoms with Crippen LogP contribution in [0.3, 0.4) is 0 Å². The van der Waals surface area contributed by atoms with E-state index in [2.05, 4.69) is 40.7 Å². The molecule has 6 nitrogen and oxygen atoms in total.